The third kappa shape index (κ3) is 6.63. The average molecular weight is 157 g/mol. The molecule has 0 atom stereocenters. The fourth-order valence-corrected chi connectivity index (χ4v) is 0.468. The van der Waals surface area contributed by atoms with Crippen LogP contribution < -0.4 is 0 Å². The maximum Gasteiger partial charge on any atom is 0.327 e. The summed E-state index contributed by atoms with van der Waals surface area (Å²) in [5.74, 6) is -0.896. The van der Waals surface area contributed by atoms with E-state index in [-0.39, 0.29) is 12.4 Å². The summed E-state index contributed by atoms with van der Waals surface area (Å²) in [5.41, 5.74) is 0. The predicted molar refractivity (Wildman–Crippen MR) is 40.0 cm³/mol. The molecular weight excluding hydrogens is 146 g/mol. The van der Waals surface area contributed by atoms with Gasteiger partial charge < -0.3 is 5.11 Å². The van der Waals surface area contributed by atoms with Crippen LogP contribution in [-0.2, 0) is 4.79 Å². The number of nitrogens with zero attached hydrogens (tertiary/aromatic N) is 2. The highest BCUT2D eigenvalue weighted by Crippen LogP contribution is 1.91. The lowest BCUT2D eigenvalue weighted by molar-refractivity contribution is -0.135. The van der Waals surface area contributed by atoms with Crippen molar-refractivity contribution in [3.8, 4) is 0 Å². The molecule has 0 aliphatic carbocycles. The van der Waals surface area contributed by atoms with E-state index in [0.717, 1.165) is 6.42 Å². The third-order valence-electron chi connectivity index (χ3n) is 0.884. The second-order valence-electron chi connectivity index (χ2n) is 1.99. The summed E-state index contributed by atoms with van der Waals surface area (Å²) in [7, 11) is 0. The molecular formula is C6H11N3O2. The molecule has 0 unspecified atom stereocenters. The minimum atomic E-state index is -1.03. The second kappa shape index (κ2) is 5.52. The molecule has 11 heavy (non-hydrogen) atoms. The maximum absolute atomic E-state index is 9.91. The van der Waals surface area contributed by atoms with Crippen molar-refractivity contribution >= 4 is 11.8 Å². The number of carboxylic acid groups (broad SMARTS) is 1. The number of hydrogen-bond acceptors (Lipinski definition) is 3. The quantitative estimate of drug-likeness (QED) is 0.366. The first kappa shape index (κ1) is 9.74. The van der Waals surface area contributed by atoms with Gasteiger partial charge in [-0.3, -0.25) is 10.2 Å². The van der Waals surface area contributed by atoms with E-state index in [2.05, 4.69) is 10.2 Å². The minimum absolute atomic E-state index is 0.133. The number of nitrogens with one attached hydrogen (secondary N) is 1. The molecule has 0 saturated heterocycles. The van der Waals surface area contributed by atoms with E-state index in [4.69, 9.17) is 10.5 Å². The molecule has 0 aromatic rings. The van der Waals surface area contributed by atoms with Crippen LogP contribution in [0.1, 0.15) is 19.8 Å². The van der Waals surface area contributed by atoms with E-state index in [9.17, 15) is 4.79 Å². The van der Waals surface area contributed by atoms with Gasteiger partial charge in [-0.05, 0) is 6.42 Å². The highest BCUT2D eigenvalue weighted by atomic mass is 16.4. The van der Waals surface area contributed by atoms with Crippen molar-refractivity contribution < 1.29 is 9.90 Å². The standard InChI is InChI=1S/C6H11N3O2/c1-2-3-5(7)9-8-4-6(10)11/h7H,2-4H2,1H3,(H,10,11). The molecule has 0 aromatic carbocycles. The summed E-state index contributed by atoms with van der Waals surface area (Å²) in [6.45, 7) is 1.56. The van der Waals surface area contributed by atoms with Gasteiger partial charge in [0.2, 0.25) is 0 Å². The first-order valence-corrected chi connectivity index (χ1v) is 3.33. The summed E-state index contributed by atoms with van der Waals surface area (Å²) in [5, 5.41) is 21.9. The summed E-state index contributed by atoms with van der Waals surface area (Å²) in [6, 6.07) is 0. The number of rotatable bonds is 4. The Balaban J connectivity index is 3.56. The number of carboxylic acids is 1. The smallest absolute Gasteiger partial charge is 0.327 e. The molecule has 0 amide bonds. The van der Waals surface area contributed by atoms with Gasteiger partial charge in [-0.25, -0.2) is 0 Å². The monoisotopic (exact) mass is 157 g/mol. The largest absolute Gasteiger partial charge is 0.480 e. The lowest BCUT2D eigenvalue weighted by Gasteiger charge is -1.89. The molecule has 0 aliphatic rings. The van der Waals surface area contributed by atoms with Gasteiger partial charge in [0, 0.05) is 6.42 Å². The van der Waals surface area contributed by atoms with Gasteiger partial charge in [-0.1, -0.05) is 6.92 Å². The summed E-state index contributed by atoms with van der Waals surface area (Å²) < 4.78 is 0. The number of hydrogen-bond donors (Lipinski definition) is 2. The Morgan fingerprint density at radius 1 is 1.64 bits per heavy atom. The number of amidine groups is 1. The summed E-state index contributed by atoms with van der Waals surface area (Å²) >= 11 is 0. The normalized spacial score (nSPS) is 10.3. The topological polar surface area (TPSA) is 85.9 Å². The van der Waals surface area contributed by atoms with Gasteiger partial charge in [-0.15, -0.1) is 5.11 Å². The van der Waals surface area contributed by atoms with Gasteiger partial charge >= 0.3 is 5.97 Å². The van der Waals surface area contributed by atoms with Crippen LogP contribution in [-0.4, -0.2) is 23.5 Å². The Kier molecular flexibility index (Phi) is 4.89. The van der Waals surface area contributed by atoms with Crippen molar-refractivity contribution in [2.24, 2.45) is 10.2 Å². The lowest BCUT2D eigenvalue weighted by atomic mass is 10.3. The molecule has 2 N–H and O–H groups in total. The fraction of sp³-hybridized carbons (Fsp3) is 0.667. The number of azo groups is 1. The van der Waals surface area contributed by atoms with Gasteiger partial charge in [0.15, 0.2) is 6.54 Å². The lowest BCUT2D eigenvalue weighted by Crippen LogP contribution is -1.99. The Hall–Kier alpha value is -1.26. The number of carbonyl (C=O) groups is 1. The second-order valence-corrected chi connectivity index (χ2v) is 1.99. The molecule has 0 fully saturated rings. The summed E-state index contributed by atoms with van der Waals surface area (Å²) in [6.07, 6.45) is 1.37. The van der Waals surface area contributed by atoms with Crippen molar-refractivity contribution in [3.63, 3.8) is 0 Å². The number of aliphatic carboxylic acids is 1. The zero-order chi connectivity index (χ0) is 8.69. The van der Waals surface area contributed by atoms with Gasteiger partial charge in [0.05, 0.1) is 0 Å². The van der Waals surface area contributed by atoms with E-state index < -0.39 is 5.97 Å². The van der Waals surface area contributed by atoms with Crippen LogP contribution in [0.5, 0.6) is 0 Å². The van der Waals surface area contributed by atoms with E-state index in [0.29, 0.717) is 6.42 Å². The minimum Gasteiger partial charge on any atom is -0.480 e. The Morgan fingerprint density at radius 2 is 2.27 bits per heavy atom. The van der Waals surface area contributed by atoms with E-state index >= 15 is 0 Å². The van der Waals surface area contributed by atoms with Crippen LogP contribution in [0.25, 0.3) is 0 Å². The predicted octanol–water partition coefficient (Wildman–Crippen LogP) is 1.30. The van der Waals surface area contributed by atoms with Gasteiger partial charge in [0.25, 0.3) is 0 Å². The van der Waals surface area contributed by atoms with Crippen molar-refractivity contribution in [3.05, 3.63) is 0 Å². The SMILES string of the molecule is CCCC(=N)N=NCC(=O)O. The van der Waals surface area contributed by atoms with E-state index in [1.807, 2.05) is 6.92 Å². The molecule has 0 aromatic heterocycles. The van der Waals surface area contributed by atoms with Crippen LogP contribution in [0.4, 0.5) is 0 Å². The zero-order valence-electron chi connectivity index (χ0n) is 6.37. The van der Waals surface area contributed by atoms with Crippen molar-refractivity contribution in [2.75, 3.05) is 6.54 Å². The van der Waals surface area contributed by atoms with Crippen molar-refractivity contribution in [2.45, 2.75) is 19.8 Å². The van der Waals surface area contributed by atoms with E-state index in [1.54, 1.807) is 0 Å². The third-order valence-corrected chi connectivity index (χ3v) is 0.884. The molecule has 0 heterocycles. The molecule has 5 nitrogen and oxygen atoms in total. The highest BCUT2D eigenvalue weighted by Gasteiger charge is 1.93. The Bertz CT molecular complexity index is 177. The van der Waals surface area contributed by atoms with Crippen LogP contribution in [0, 0.1) is 5.41 Å². The molecule has 0 saturated carbocycles. The van der Waals surface area contributed by atoms with Crippen LogP contribution in [0.3, 0.4) is 0 Å². The zero-order valence-corrected chi connectivity index (χ0v) is 6.37. The highest BCUT2D eigenvalue weighted by molar-refractivity contribution is 5.79. The van der Waals surface area contributed by atoms with E-state index in [1.165, 1.54) is 0 Å². The molecule has 0 bridgehead atoms. The summed E-state index contributed by atoms with van der Waals surface area (Å²) in [4.78, 5) is 9.91. The van der Waals surface area contributed by atoms with Crippen molar-refractivity contribution in [1.29, 1.82) is 5.41 Å². The van der Waals surface area contributed by atoms with Gasteiger partial charge in [-0.2, -0.15) is 5.11 Å². The molecule has 0 spiro atoms. The molecule has 0 radical (unpaired) electrons. The van der Waals surface area contributed by atoms with Crippen LogP contribution in [0.15, 0.2) is 10.2 Å². The molecule has 0 aliphatic heterocycles. The van der Waals surface area contributed by atoms with Crippen molar-refractivity contribution in [1.82, 2.24) is 0 Å². The average Bonchev–Trinajstić information content (AvgIpc) is 1.87. The molecule has 5 heteroatoms. The van der Waals surface area contributed by atoms with Crippen LogP contribution in [0.2, 0.25) is 0 Å². The van der Waals surface area contributed by atoms with Crippen LogP contribution >= 0.6 is 0 Å². The maximum atomic E-state index is 9.91. The Labute approximate surface area is 64.7 Å². The Morgan fingerprint density at radius 3 is 2.73 bits per heavy atom. The fourth-order valence-electron chi connectivity index (χ4n) is 0.468. The molecule has 62 valence electrons. The first-order chi connectivity index (χ1) is 5.16. The molecule has 0 rings (SSSR count). The first-order valence-electron chi connectivity index (χ1n) is 3.33. The van der Waals surface area contributed by atoms with Gasteiger partial charge in [0.1, 0.15) is 5.84 Å².